The molecule has 1 aliphatic rings. The van der Waals surface area contributed by atoms with Crippen molar-refractivity contribution in [2.24, 2.45) is 0 Å². The maximum atomic E-state index is 4.89. The van der Waals surface area contributed by atoms with E-state index >= 15 is 0 Å². The quantitative estimate of drug-likeness (QED) is 0.900. The molecule has 1 atom stereocenters. The van der Waals surface area contributed by atoms with Crippen LogP contribution in [0.1, 0.15) is 30.8 Å². The molecule has 0 radical (unpaired) electrons. The Hall–Kier alpha value is -0.260. The molecule has 102 valence electrons. The first-order valence-electron chi connectivity index (χ1n) is 6.73. The summed E-state index contributed by atoms with van der Waals surface area (Å²) in [5.41, 5.74) is 1.30. The molecule has 5 heteroatoms. The summed E-state index contributed by atoms with van der Waals surface area (Å²) in [4.78, 5) is 8.79. The fourth-order valence-electron chi connectivity index (χ4n) is 2.23. The van der Waals surface area contributed by atoms with Crippen LogP contribution in [-0.4, -0.2) is 36.1 Å². The number of nitrogens with one attached hydrogen (secondary N) is 1. The number of thiazole rings is 1. The maximum Gasteiger partial charge on any atom is 0.186 e. The van der Waals surface area contributed by atoms with Crippen molar-refractivity contribution in [3.05, 3.63) is 10.6 Å². The number of hydrogen-bond acceptors (Lipinski definition) is 5. The minimum absolute atomic E-state index is 0.617. The van der Waals surface area contributed by atoms with Gasteiger partial charge in [0.25, 0.3) is 0 Å². The van der Waals surface area contributed by atoms with Gasteiger partial charge in [-0.15, -0.1) is 11.3 Å². The first-order valence-corrected chi connectivity index (χ1v) is 8.71. The zero-order chi connectivity index (χ0) is 13.0. The van der Waals surface area contributed by atoms with Gasteiger partial charge in [-0.25, -0.2) is 4.98 Å². The summed E-state index contributed by atoms with van der Waals surface area (Å²) in [6.07, 6.45) is 2.27. The van der Waals surface area contributed by atoms with Crippen molar-refractivity contribution in [3.63, 3.8) is 0 Å². The van der Waals surface area contributed by atoms with E-state index in [9.17, 15) is 0 Å². The number of anilines is 1. The van der Waals surface area contributed by atoms with Crippen LogP contribution in [0.25, 0.3) is 0 Å². The van der Waals surface area contributed by atoms with E-state index in [-0.39, 0.29) is 0 Å². The van der Waals surface area contributed by atoms with E-state index in [4.69, 9.17) is 4.98 Å². The molecule has 0 aliphatic carbocycles. The van der Waals surface area contributed by atoms with Crippen LogP contribution in [0.2, 0.25) is 0 Å². The van der Waals surface area contributed by atoms with Gasteiger partial charge in [-0.05, 0) is 20.4 Å². The van der Waals surface area contributed by atoms with Crippen molar-refractivity contribution in [2.75, 3.05) is 30.0 Å². The van der Waals surface area contributed by atoms with Crippen molar-refractivity contribution in [1.29, 1.82) is 0 Å². The molecule has 1 unspecified atom stereocenters. The summed E-state index contributed by atoms with van der Waals surface area (Å²) in [5.74, 6) is 2.46. The Morgan fingerprint density at radius 2 is 2.33 bits per heavy atom. The molecule has 0 spiro atoms. The first-order chi connectivity index (χ1) is 8.76. The topological polar surface area (TPSA) is 28.2 Å². The van der Waals surface area contributed by atoms with Crippen molar-refractivity contribution in [1.82, 2.24) is 10.3 Å². The molecule has 1 saturated heterocycles. The molecule has 0 saturated carbocycles. The molecule has 0 aromatic carbocycles. The highest BCUT2D eigenvalue weighted by molar-refractivity contribution is 7.99. The van der Waals surface area contributed by atoms with Crippen LogP contribution in [0.4, 0.5) is 5.13 Å². The van der Waals surface area contributed by atoms with E-state index in [0.29, 0.717) is 6.04 Å². The van der Waals surface area contributed by atoms with Crippen LogP contribution in [-0.2, 0) is 13.0 Å². The smallest absolute Gasteiger partial charge is 0.186 e. The minimum Gasteiger partial charge on any atom is -0.344 e. The molecule has 1 N–H and O–H groups in total. The molecule has 0 bridgehead atoms. The standard InChI is InChI=1S/C13H23N3S2/c1-4-5-11-12(8-14-3)18-13(15-11)16-6-7-17-9-10(16)2/h10,14H,4-9H2,1-3H3. The SMILES string of the molecule is CCCc1nc(N2CCSCC2C)sc1CNC. The fourth-order valence-corrected chi connectivity index (χ4v) is 4.49. The number of aryl methyl sites for hydroxylation is 1. The van der Waals surface area contributed by atoms with Crippen LogP contribution in [0.3, 0.4) is 0 Å². The van der Waals surface area contributed by atoms with E-state index in [2.05, 4.69) is 35.8 Å². The Balaban J connectivity index is 2.18. The van der Waals surface area contributed by atoms with Crippen LogP contribution < -0.4 is 10.2 Å². The molecule has 2 rings (SSSR count). The van der Waals surface area contributed by atoms with Gasteiger partial charge in [0, 0.05) is 35.5 Å². The molecule has 1 aromatic heterocycles. The summed E-state index contributed by atoms with van der Waals surface area (Å²) in [7, 11) is 2.01. The Labute approximate surface area is 118 Å². The molecular formula is C13H23N3S2. The Bertz CT molecular complexity index is 355. The largest absolute Gasteiger partial charge is 0.344 e. The number of aromatic nitrogens is 1. The number of rotatable bonds is 5. The Morgan fingerprint density at radius 3 is 3.00 bits per heavy atom. The minimum atomic E-state index is 0.617. The van der Waals surface area contributed by atoms with E-state index in [1.54, 1.807) is 0 Å². The molecule has 1 aliphatic heterocycles. The summed E-state index contributed by atoms with van der Waals surface area (Å²) < 4.78 is 0. The predicted octanol–water partition coefficient (Wildman–Crippen LogP) is 2.76. The highest BCUT2D eigenvalue weighted by Crippen LogP contribution is 2.31. The molecular weight excluding hydrogens is 262 g/mol. The molecule has 3 nitrogen and oxygen atoms in total. The maximum absolute atomic E-state index is 4.89. The van der Waals surface area contributed by atoms with Crippen LogP contribution in [0.5, 0.6) is 0 Å². The second-order valence-electron chi connectivity index (χ2n) is 4.76. The lowest BCUT2D eigenvalue weighted by molar-refractivity contribution is 0.694. The number of hydrogen-bond donors (Lipinski definition) is 1. The van der Waals surface area contributed by atoms with Gasteiger partial charge in [0.05, 0.1) is 5.69 Å². The third-order valence-corrected chi connectivity index (χ3v) is 5.53. The van der Waals surface area contributed by atoms with E-state index < -0.39 is 0 Å². The lowest BCUT2D eigenvalue weighted by Crippen LogP contribution is -2.40. The normalized spacial score (nSPS) is 20.4. The van der Waals surface area contributed by atoms with Gasteiger partial charge in [0.15, 0.2) is 5.13 Å². The Kier molecular flexibility index (Phi) is 5.33. The number of thioether (sulfide) groups is 1. The summed E-state index contributed by atoms with van der Waals surface area (Å²) in [6, 6.07) is 0.617. The lowest BCUT2D eigenvalue weighted by atomic mass is 10.2. The van der Waals surface area contributed by atoms with Gasteiger partial charge in [0.1, 0.15) is 0 Å². The van der Waals surface area contributed by atoms with Gasteiger partial charge in [-0.3, -0.25) is 0 Å². The van der Waals surface area contributed by atoms with Gasteiger partial charge in [0.2, 0.25) is 0 Å². The second kappa shape index (κ2) is 6.78. The van der Waals surface area contributed by atoms with Crippen LogP contribution in [0, 0.1) is 0 Å². The molecule has 1 fully saturated rings. The lowest BCUT2D eigenvalue weighted by Gasteiger charge is -2.32. The summed E-state index contributed by atoms with van der Waals surface area (Å²) in [6.45, 7) is 6.63. The highest BCUT2D eigenvalue weighted by atomic mass is 32.2. The van der Waals surface area contributed by atoms with E-state index in [1.165, 1.54) is 33.6 Å². The van der Waals surface area contributed by atoms with E-state index in [1.807, 2.05) is 18.4 Å². The predicted molar refractivity (Wildman–Crippen MR) is 83.0 cm³/mol. The van der Waals surface area contributed by atoms with Crippen molar-refractivity contribution >= 4 is 28.2 Å². The first kappa shape index (κ1) is 14.2. The third kappa shape index (κ3) is 3.19. The average molecular weight is 285 g/mol. The van der Waals surface area contributed by atoms with Crippen LogP contribution >= 0.6 is 23.1 Å². The molecule has 18 heavy (non-hydrogen) atoms. The van der Waals surface area contributed by atoms with Gasteiger partial charge in [-0.2, -0.15) is 11.8 Å². The zero-order valence-corrected chi connectivity index (χ0v) is 13.2. The van der Waals surface area contributed by atoms with Gasteiger partial charge in [-0.1, -0.05) is 13.3 Å². The Morgan fingerprint density at radius 1 is 1.50 bits per heavy atom. The second-order valence-corrected chi connectivity index (χ2v) is 6.98. The highest BCUT2D eigenvalue weighted by Gasteiger charge is 2.23. The summed E-state index contributed by atoms with van der Waals surface area (Å²) >= 11 is 3.93. The van der Waals surface area contributed by atoms with Crippen LogP contribution in [0.15, 0.2) is 0 Å². The molecule has 0 amide bonds. The molecule has 1 aromatic rings. The average Bonchev–Trinajstić information content (AvgIpc) is 2.74. The zero-order valence-electron chi connectivity index (χ0n) is 11.5. The van der Waals surface area contributed by atoms with Crippen molar-refractivity contribution < 1.29 is 0 Å². The third-order valence-electron chi connectivity index (χ3n) is 3.20. The van der Waals surface area contributed by atoms with Crippen molar-refractivity contribution in [2.45, 2.75) is 39.3 Å². The van der Waals surface area contributed by atoms with Crippen molar-refractivity contribution in [3.8, 4) is 0 Å². The monoisotopic (exact) mass is 285 g/mol. The van der Waals surface area contributed by atoms with Gasteiger partial charge >= 0.3 is 0 Å². The van der Waals surface area contributed by atoms with E-state index in [0.717, 1.165) is 19.5 Å². The fraction of sp³-hybridized carbons (Fsp3) is 0.769. The number of nitrogens with zero attached hydrogens (tertiary/aromatic N) is 2. The molecule has 2 heterocycles. The van der Waals surface area contributed by atoms with Gasteiger partial charge < -0.3 is 10.2 Å². The summed E-state index contributed by atoms with van der Waals surface area (Å²) in [5, 5.41) is 4.49.